The number of carbonyl (C=O) groups is 1. The van der Waals surface area contributed by atoms with Crippen LogP contribution in [-0.2, 0) is 16.6 Å². The zero-order chi connectivity index (χ0) is 16.9. The number of rotatable bonds is 6. The Morgan fingerprint density at radius 2 is 1.83 bits per heavy atom. The fourth-order valence-electron chi connectivity index (χ4n) is 1.97. The van der Waals surface area contributed by atoms with Crippen LogP contribution in [0.3, 0.4) is 0 Å². The van der Waals surface area contributed by atoms with Gasteiger partial charge in [-0.25, -0.2) is 13.1 Å². The van der Waals surface area contributed by atoms with E-state index in [0.717, 1.165) is 11.3 Å². The first-order valence-electron chi connectivity index (χ1n) is 6.91. The Morgan fingerprint density at radius 1 is 1.13 bits per heavy atom. The summed E-state index contributed by atoms with van der Waals surface area (Å²) in [6.07, 6.45) is 0. The molecule has 0 heterocycles. The molecule has 2 N–H and O–H groups in total. The lowest BCUT2D eigenvalue weighted by atomic mass is 10.2. The van der Waals surface area contributed by atoms with Crippen LogP contribution in [0.1, 0.15) is 15.9 Å². The van der Waals surface area contributed by atoms with Gasteiger partial charge in [-0.15, -0.1) is 0 Å². The normalized spacial score (nSPS) is 11.0. The Morgan fingerprint density at radius 3 is 2.43 bits per heavy atom. The first-order valence-corrected chi connectivity index (χ1v) is 8.39. The number of nitrogens with one attached hydrogen (secondary N) is 2. The molecule has 0 atom stereocenters. The van der Waals surface area contributed by atoms with E-state index < -0.39 is 10.0 Å². The molecule has 0 aliphatic rings. The second kappa shape index (κ2) is 7.26. The maximum Gasteiger partial charge on any atom is 0.251 e. The number of benzene rings is 2. The van der Waals surface area contributed by atoms with Crippen LogP contribution in [0.2, 0.25) is 0 Å². The number of ether oxygens (including phenoxy) is 1. The largest absolute Gasteiger partial charge is 0.497 e. The fourth-order valence-corrected chi connectivity index (χ4v) is 2.70. The molecule has 7 heteroatoms. The van der Waals surface area contributed by atoms with Crippen molar-refractivity contribution in [3.8, 4) is 5.75 Å². The highest BCUT2D eigenvalue weighted by atomic mass is 32.2. The summed E-state index contributed by atoms with van der Waals surface area (Å²) in [7, 11) is -0.580. The van der Waals surface area contributed by atoms with Gasteiger partial charge in [0.05, 0.1) is 12.0 Å². The molecule has 0 aromatic heterocycles. The van der Waals surface area contributed by atoms with Gasteiger partial charge in [0.15, 0.2) is 0 Å². The number of hydrogen-bond donors (Lipinski definition) is 2. The minimum Gasteiger partial charge on any atom is -0.497 e. The molecule has 2 aromatic carbocycles. The van der Waals surface area contributed by atoms with Crippen molar-refractivity contribution in [1.82, 2.24) is 10.0 Å². The molecular formula is C16H18N2O4S. The molecular weight excluding hydrogens is 316 g/mol. The molecule has 2 rings (SSSR count). The molecule has 6 nitrogen and oxygen atoms in total. The van der Waals surface area contributed by atoms with Gasteiger partial charge in [-0.1, -0.05) is 12.1 Å². The van der Waals surface area contributed by atoms with Crippen molar-refractivity contribution in [2.45, 2.75) is 11.4 Å². The van der Waals surface area contributed by atoms with E-state index in [9.17, 15) is 13.2 Å². The van der Waals surface area contributed by atoms with Crippen molar-refractivity contribution < 1.29 is 17.9 Å². The Balaban J connectivity index is 2.03. The van der Waals surface area contributed by atoms with Gasteiger partial charge in [0.25, 0.3) is 5.91 Å². The highest BCUT2D eigenvalue weighted by Crippen LogP contribution is 2.13. The van der Waals surface area contributed by atoms with Gasteiger partial charge in [0.2, 0.25) is 10.0 Å². The number of sulfonamides is 1. The van der Waals surface area contributed by atoms with E-state index in [1.165, 1.54) is 31.3 Å². The molecule has 0 aliphatic carbocycles. The minimum atomic E-state index is -3.50. The van der Waals surface area contributed by atoms with Crippen molar-refractivity contribution in [3.05, 3.63) is 59.7 Å². The van der Waals surface area contributed by atoms with Crippen LogP contribution >= 0.6 is 0 Å². The van der Waals surface area contributed by atoms with Crippen molar-refractivity contribution in [2.24, 2.45) is 0 Å². The van der Waals surface area contributed by atoms with Crippen LogP contribution < -0.4 is 14.8 Å². The SMILES string of the molecule is CNS(=O)(=O)c1ccc(C(=O)NCc2cccc(OC)c2)cc1. The average Bonchev–Trinajstić information content (AvgIpc) is 2.60. The smallest absolute Gasteiger partial charge is 0.251 e. The average molecular weight is 334 g/mol. The predicted octanol–water partition coefficient (Wildman–Crippen LogP) is 1.53. The Labute approximate surface area is 135 Å². The van der Waals surface area contributed by atoms with Gasteiger partial charge < -0.3 is 10.1 Å². The number of methoxy groups -OCH3 is 1. The minimum absolute atomic E-state index is 0.115. The molecule has 2 aromatic rings. The summed E-state index contributed by atoms with van der Waals surface area (Å²) in [4.78, 5) is 12.2. The monoisotopic (exact) mass is 334 g/mol. The maximum atomic E-state index is 12.1. The van der Waals surface area contributed by atoms with Crippen LogP contribution in [0.15, 0.2) is 53.4 Å². The van der Waals surface area contributed by atoms with Gasteiger partial charge >= 0.3 is 0 Å². The Hall–Kier alpha value is -2.38. The molecule has 1 amide bonds. The molecule has 0 fully saturated rings. The van der Waals surface area contributed by atoms with E-state index in [1.54, 1.807) is 7.11 Å². The molecule has 0 radical (unpaired) electrons. The summed E-state index contributed by atoms with van der Waals surface area (Å²) in [6.45, 7) is 0.354. The maximum absolute atomic E-state index is 12.1. The number of carbonyl (C=O) groups excluding carboxylic acids is 1. The van der Waals surface area contributed by atoms with Crippen LogP contribution in [0, 0.1) is 0 Å². The van der Waals surface area contributed by atoms with Crippen molar-refractivity contribution >= 4 is 15.9 Å². The molecule has 0 saturated carbocycles. The molecule has 122 valence electrons. The van der Waals surface area contributed by atoms with Gasteiger partial charge in [-0.05, 0) is 49.0 Å². The van der Waals surface area contributed by atoms with Crippen molar-refractivity contribution in [3.63, 3.8) is 0 Å². The predicted molar refractivity (Wildman–Crippen MR) is 86.9 cm³/mol. The van der Waals surface area contributed by atoms with E-state index >= 15 is 0 Å². The highest BCUT2D eigenvalue weighted by molar-refractivity contribution is 7.89. The number of hydrogen-bond acceptors (Lipinski definition) is 4. The zero-order valence-electron chi connectivity index (χ0n) is 12.9. The summed E-state index contributed by atoms with van der Waals surface area (Å²) in [6, 6.07) is 13.1. The van der Waals surface area contributed by atoms with E-state index in [4.69, 9.17) is 4.74 Å². The van der Waals surface area contributed by atoms with Crippen LogP contribution in [-0.4, -0.2) is 28.5 Å². The second-order valence-electron chi connectivity index (χ2n) is 4.77. The standard InChI is InChI=1S/C16H18N2O4S/c1-17-23(20,21)15-8-6-13(7-9-15)16(19)18-11-12-4-3-5-14(10-12)22-2/h3-10,17H,11H2,1-2H3,(H,18,19). The summed E-state index contributed by atoms with van der Waals surface area (Å²) >= 11 is 0. The van der Waals surface area contributed by atoms with Gasteiger partial charge in [0.1, 0.15) is 5.75 Å². The van der Waals surface area contributed by atoms with Crippen LogP contribution in [0.4, 0.5) is 0 Å². The third-order valence-corrected chi connectivity index (χ3v) is 4.71. The molecule has 23 heavy (non-hydrogen) atoms. The third-order valence-electron chi connectivity index (χ3n) is 3.28. The molecule has 0 spiro atoms. The van der Waals surface area contributed by atoms with Gasteiger partial charge in [-0.3, -0.25) is 4.79 Å². The quantitative estimate of drug-likeness (QED) is 0.839. The molecule has 0 unspecified atom stereocenters. The van der Waals surface area contributed by atoms with E-state index in [1.807, 2.05) is 24.3 Å². The molecule has 0 aliphatic heterocycles. The van der Waals surface area contributed by atoms with Crippen LogP contribution in [0.5, 0.6) is 5.75 Å². The lowest BCUT2D eigenvalue weighted by Crippen LogP contribution is -2.23. The summed E-state index contributed by atoms with van der Waals surface area (Å²) in [5.41, 5.74) is 1.30. The third kappa shape index (κ3) is 4.30. The van der Waals surface area contributed by atoms with E-state index in [0.29, 0.717) is 12.1 Å². The number of amides is 1. The molecule has 0 saturated heterocycles. The fraction of sp³-hybridized carbons (Fsp3) is 0.188. The summed E-state index contributed by atoms with van der Waals surface area (Å²) in [5.74, 6) is 0.444. The second-order valence-corrected chi connectivity index (χ2v) is 6.65. The lowest BCUT2D eigenvalue weighted by molar-refractivity contribution is 0.0950. The summed E-state index contributed by atoms with van der Waals surface area (Å²) in [5, 5.41) is 2.78. The lowest BCUT2D eigenvalue weighted by Gasteiger charge is -2.08. The van der Waals surface area contributed by atoms with Gasteiger partial charge in [-0.2, -0.15) is 0 Å². The zero-order valence-corrected chi connectivity index (χ0v) is 13.7. The molecule has 0 bridgehead atoms. The topological polar surface area (TPSA) is 84.5 Å². The highest BCUT2D eigenvalue weighted by Gasteiger charge is 2.12. The first kappa shape index (κ1) is 17.0. The van der Waals surface area contributed by atoms with E-state index in [-0.39, 0.29) is 10.8 Å². The Bertz CT molecular complexity index is 786. The first-order chi connectivity index (χ1) is 11.0. The summed E-state index contributed by atoms with van der Waals surface area (Å²) < 4.78 is 30.6. The van der Waals surface area contributed by atoms with Gasteiger partial charge in [0, 0.05) is 12.1 Å². The Kier molecular flexibility index (Phi) is 5.36. The van der Waals surface area contributed by atoms with E-state index in [2.05, 4.69) is 10.0 Å². The van der Waals surface area contributed by atoms with Crippen molar-refractivity contribution in [2.75, 3.05) is 14.2 Å². The van der Waals surface area contributed by atoms with Crippen molar-refractivity contribution in [1.29, 1.82) is 0 Å². The van der Waals surface area contributed by atoms with Crippen LogP contribution in [0.25, 0.3) is 0 Å².